The predicted molar refractivity (Wildman–Crippen MR) is 104 cm³/mol. The van der Waals surface area contributed by atoms with Gasteiger partial charge in [0.05, 0.1) is 6.04 Å². The van der Waals surface area contributed by atoms with Gasteiger partial charge in [0.1, 0.15) is 0 Å². The Morgan fingerprint density at radius 2 is 1.88 bits per heavy atom. The summed E-state index contributed by atoms with van der Waals surface area (Å²) in [4.78, 5) is 2.51. The second kappa shape index (κ2) is 5.22. The molecule has 2 aromatic carbocycles. The first-order chi connectivity index (χ1) is 12.1. The maximum Gasteiger partial charge on any atom is 0.0589 e. The third-order valence-corrected chi connectivity index (χ3v) is 6.35. The van der Waals surface area contributed by atoms with E-state index in [2.05, 4.69) is 78.9 Å². The lowest BCUT2D eigenvalue weighted by molar-refractivity contribution is 0.180. The van der Waals surface area contributed by atoms with E-state index in [0.29, 0.717) is 6.04 Å². The van der Waals surface area contributed by atoms with E-state index >= 15 is 0 Å². The summed E-state index contributed by atoms with van der Waals surface area (Å²) in [5.41, 5.74) is 7.66. The van der Waals surface area contributed by atoms with E-state index in [4.69, 9.17) is 0 Å². The van der Waals surface area contributed by atoms with Crippen LogP contribution in [0.15, 0.2) is 48.5 Å². The van der Waals surface area contributed by atoms with Gasteiger partial charge in [0.2, 0.25) is 0 Å². The fraction of sp³-hybridized carbons (Fsp3) is 0.391. The SMILES string of the molecule is Cc1ccc2c(c1)c1c3n2[C@H](c2ccccc2)CC[C@]3(C)CN(C)C1. The predicted octanol–water partition coefficient (Wildman–Crippen LogP) is 5.04. The molecular formula is C23H26N2. The van der Waals surface area contributed by atoms with Gasteiger partial charge in [-0.15, -0.1) is 0 Å². The van der Waals surface area contributed by atoms with Crippen molar-refractivity contribution in [3.8, 4) is 0 Å². The molecule has 2 aliphatic heterocycles. The Morgan fingerprint density at radius 1 is 1.08 bits per heavy atom. The Labute approximate surface area is 150 Å². The Morgan fingerprint density at radius 3 is 2.68 bits per heavy atom. The van der Waals surface area contributed by atoms with E-state index in [1.807, 2.05) is 0 Å². The summed E-state index contributed by atoms with van der Waals surface area (Å²) in [6, 6.07) is 18.6. The fourth-order valence-electron chi connectivity index (χ4n) is 5.40. The van der Waals surface area contributed by atoms with Crippen molar-refractivity contribution in [2.75, 3.05) is 13.6 Å². The van der Waals surface area contributed by atoms with Gasteiger partial charge in [0, 0.05) is 35.1 Å². The molecule has 0 unspecified atom stereocenters. The molecule has 3 heterocycles. The number of hydrogen-bond donors (Lipinski definition) is 0. The number of likely N-dealkylation sites (N-methyl/N-ethyl adjacent to an activating group) is 1. The average molecular weight is 330 g/mol. The van der Waals surface area contributed by atoms with Crippen molar-refractivity contribution in [2.45, 2.75) is 44.7 Å². The molecule has 0 saturated carbocycles. The van der Waals surface area contributed by atoms with E-state index in [-0.39, 0.29) is 5.41 Å². The molecule has 0 saturated heterocycles. The maximum absolute atomic E-state index is 2.69. The lowest BCUT2D eigenvalue weighted by Gasteiger charge is -2.45. The highest BCUT2D eigenvalue weighted by molar-refractivity contribution is 5.87. The number of benzene rings is 2. The highest BCUT2D eigenvalue weighted by Crippen LogP contribution is 2.49. The summed E-state index contributed by atoms with van der Waals surface area (Å²) >= 11 is 0. The molecule has 0 fully saturated rings. The van der Waals surface area contributed by atoms with Gasteiger partial charge in [0.25, 0.3) is 0 Å². The maximum atomic E-state index is 2.69. The van der Waals surface area contributed by atoms with Gasteiger partial charge in [-0.1, -0.05) is 48.9 Å². The first kappa shape index (κ1) is 15.2. The van der Waals surface area contributed by atoms with Crippen LogP contribution in [-0.4, -0.2) is 23.1 Å². The minimum Gasteiger partial charge on any atom is -0.336 e. The van der Waals surface area contributed by atoms with E-state index in [1.54, 1.807) is 11.3 Å². The molecule has 0 amide bonds. The molecule has 2 atom stereocenters. The average Bonchev–Trinajstić information content (AvgIpc) is 2.91. The standard InChI is InChI=1S/C23H26N2/c1-16-9-10-21-18(13-16)19-14-24(3)15-23(2)12-11-20(25(21)22(19)23)17-7-5-4-6-8-17/h4-10,13,20H,11-12,14-15H2,1-3H3/t20-,23+/m0/s1. The summed E-state index contributed by atoms with van der Waals surface area (Å²) in [6.07, 6.45) is 2.48. The van der Waals surface area contributed by atoms with Crippen molar-refractivity contribution >= 4 is 10.9 Å². The van der Waals surface area contributed by atoms with Gasteiger partial charge in [-0.2, -0.15) is 0 Å². The van der Waals surface area contributed by atoms with Crippen LogP contribution in [0.2, 0.25) is 0 Å². The van der Waals surface area contributed by atoms with Gasteiger partial charge in [-0.05, 0) is 50.1 Å². The first-order valence-electron chi connectivity index (χ1n) is 9.44. The number of hydrogen-bond acceptors (Lipinski definition) is 1. The Hall–Kier alpha value is -2.06. The monoisotopic (exact) mass is 330 g/mol. The van der Waals surface area contributed by atoms with Crippen molar-refractivity contribution in [2.24, 2.45) is 0 Å². The lowest BCUT2D eigenvalue weighted by Crippen LogP contribution is -2.46. The molecule has 0 spiro atoms. The highest BCUT2D eigenvalue weighted by atomic mass is 15.2. The third kappa shape index (κ3) is 2.13. The van der Waals surface area contributed by atoms with E-state index < -0.39 is 0 Å². The quantitative estimate of drug-likeness (QED) is 0.607. The molecule has 0 bridgehead atoms. The first-order valence-corrected chi connectivity index (χ1v) is 9.44. The van der Waals surface area contributed by atoms with Gasteiger partial charge < -0.3 is 9.47 Å². The largest absolute Gasteiger partial charge is 0.336 e. The third-order valence-electron chi connectivity index (χ3n) is 6.35. The second-order valence-corrected chi connectivity index (χ2v) is 8.42. The molecule has 25 heavy (non-hydrogen) atoms. The van der Waals surface area contributed by atoms with Gasteiger partial charge in [0.15, 0.2) is 0 Å². The lowest BCUT2D eigenvalue weighted by atomic mass is 9.73. The number of fused-ring (bicyclic) bond motifs is 3. The van der Waals surface area contributed by atoms with E-state index in [0.717, 1.165) is 13.1 Å². The van der Waals surface area contributed by atoms with Crippen molar-refractivity contribution in [3.63, 3.8) is 0 Å². The minimum absolute atomic E-state index is 0.264. The summed E-state index contributed by atoms with van der Waals surface area (Å²) < 4.78 is 2.69. The summed E-state index contributed by atoms with van der Waals surface area (Å²) in [6.45, 7) is 6.92. The smallest absolute Gasteiger partial charge is 0.0589 e. The highest BCUT2D eigenvalue weighted by Gasteiger charge is 2.43. The van der Waals surface area contributed by atoms with Crippen LogP contribution in [0.25, 0.3) is 10.9 Å². The Bertz CT molecular complexity index is 953. The number of aromatic nitrogens is 1. The van der Waals surface area contributed by atoms with Crippen LogP contribution < -0.4 is 0 Å². The topological polar surface area (TPSA) is 8.17 Å². The van der Waals surface area contributed by atoms with Crippen LogP contribution >= 0.6 is 0 Å². The molecule has 3 aromatic rings. The zero-order chi connectivity index (χ0) is 17.2. The molecule has 2 nitrogen and oxygen atoms in total. The molecule has 2 heteroatoms. The zero-order valence-electron chi connectivity index (χ0n) is 15.4. The molecule has 0 aliphatic carbocycles. The normalized spacial score (nSPS) is 26.0. The van der Waals surface area contributed by atoms with Crippen LogP contribution in [0.4, 0.5) is 0 Å². The Balaban J connectivity index is 1.85. The number of nitrogens with zero attached hydrogens (tertiary/aromatic N) is 2. The molecule has 0 N–H and O–H groups in total. The van der Waals surface area contributed by atoms with Crippen molar-refractivity contribution < 1.29 is 0 Å². The van der Waals surface area contributed by atoms with Gasteiger partial charge >= 0.3 is 0 Å². The molecular weight excluding hydrogens is 304 g/mol. The zero-order valence-corrected chi connectivity index (χ0v) is 15.4. The van der Waals surface area contributed by atoms with Crippen LogP contribution in [0.5, 0.6) is 0 Å². The van der Waals surface area contributed by atoms with E-state index in [9.17, 15) is 0 Å². The van der Waals surface area contributed by atoms with Gasteiger partial charge in [-0.3, -0.25) is 0 Å². The minimum atomic E-state index is 0.264. The number of aryl methyl sites for hydroxylation is 1. The van der Waals surface area contributed by atoms with Crippen LogP contribution in [0.3, 0.4) is 0 Å². The van der Waals surface area contributed by atoms with Crippen molar-refractivity contribution in [3.05, 3.63) is 70.9 Å². The second-order valence-electron chi connectivity index (χ2n) is 8.42. The molecule has 0 radical (unpaired) electrons. The summed E-state index contributed by atoms with van der Waals surface area (Å²) in [5, 5.41) is 1.47. The van der Waals surface area contributed by atoms with E-state index in [1.165, 1.54) is 34.9 Å². The molecule has 128 valence electrons. The summed E-state index contributed by atoms with van der Waals surface area (Å²) in [5.74, 6) is 0. The molecule has 5 rings (SSSR count). The van der Waals surface area contributed by atoms with Gasteiger partial charge in [-0.25, -0.2) is 0 Å². The van der Waals surface area contributed by atoms with Crippen LogP contribution in [0.1, 0.15) is 48.2 Å². The van der Waals surface area contributed by atoms with Crippen molar-refractivity contribution in [1.82, 2.24) is 9.47 Å². The Kier molecular flexibility index (Phi) is 3.18. The summed E-state index contributed by atoms with van der Waals surface area (Å²) in [7, 11) is 2.27. The molecule has 1 aromatic heterocycles. The van der Waals surface area contributed by atoms with Crippen LogP contribution in [-0.2, 0) is 12.0 Å². The van der Waals surface area contributed by atoms with Crippen molar-refractivity contribution in [1.29, 1.82) is 0 Å². The number of rotatable bonds is 1. The fourth-order valence-corrected chi connectivity index (χ4v) is 5.40. The van der Waals surface area contributed by atoms with Crippen LogP contribution in [0, 0.1) is 6.92 Å². The molecule has 2 aliphatic rings.